The van der Waals surface area contributed by atoms with Gasteiger partial charge in [-0.1, -0.05) is 13.8 Å². The number of hydrogen-bond acceptors (Lipinski definition) is 4. The van der Waals surface area contributed by atoms with Gasteiger partial charge in [-0.2, -0.15) is 13.2 Å². The lowest BCUT2D eigenvalue weighted by molar-refractivity contribution is -0.141. The number of aromatic nitrogens is 1. The fraction of sp³-hybridized carbons (Fsp3) is 0.786. The van der Waals surface area contributed by atoms with E-state index in [4.69, 9.17) is 4.74 Å². The van der Waals surface area contributed by atoms with Crippen molar-refractivity contribution in [1.82, 2.24) is 10.3 Å². The van der Waals surface area contributed by atoms with Gasteiger partial charge in [0.25, 0.3) is 0 Å². The Morgan fingerprint density at radius 3 is 2.76 bits per heavy atom. The third kappa shape index (κ3) is 4.93. The van der Waals surface area contributed by atoms with Crippen molar-refractivity contribution in [3.05, 3.63) is 15.6 Å². The summed E-state index contributed by atoms with van der Waals surface area (Å²) in [6.07, 6.45) is -2.00. The van der Waals surface area contributed by atoms with Crippen LogP contribution in [0.3, 0.4) is 0 Å². The first-order chi connectivity index (χ1) is 9.86. The fourth-order valence-electron chi connectivity index (χ4n) is 2.30. The summed E-state index contributed by atoms with van der Waals surface area (Å²) >= 11 is 1.15. The summed E-state index contributed by atoms with van der Waals surface area (Å²) in [5, 5.41) is 3.58. The number of hydrogen-bond donors (Lipinski definition) is 1. The lowest BCUT2D eigenvalue weighted by atomic mass is 10.2. The van der Waals surface area contributed by atoms with E-state index in [1.165, 1.54) is 0 Å². The van der Waals surface area contributed by atoms with Crippen molar-refractivity contribution in [2.24, 2.45) is 5.92 Å². The molecular weight excluding hydrogens is 301 g/mol. The molecule has 0 bridgehead atoms. The standard InChI is InChI=1S/C14H21F3N2OS/c1-9(2)7-18-8-11-13(14(15,16)17)19-12(21-11)6-10-4-3-5-20-10/h9-10,18H,3-8H2,1-2H3. The van der Waals surface area contributed by atoms with Gasteiger partial charge >= 0.3 is 6.18 Å². The van der Waals surface area contributed by atoms with Crippen molar-refractivity contribution in [2.45, 2.75) is 51.9 Å². The molecule has 120 valence electrons. The molecule has 1 aliphatic rings. The summed E-state index contributed by atoms with van der Waals surface area (Å²) in [4.78, 5) is 4.09. The van der Waals surface area contributed by atoms with Crippen LogP contribution in [0.25, 0.3) is 0 Å². The highest BCUT2D eigenvalue weighted by molar-refractivity contribution is 7.11. The van der Waals surface area contributed by atoms with Gasteiger partial charge in [0.05, 0.1) is 16.0 Å². The van der Waals surface area contributed by atoms with Gasteiger partial charge in [0.2, 0.25) is 0 Å². The van der Waals surface area contributed by atoms with Gasteiger partial charge in [0.1, 0.15) is 0 Å². The summed E-state index contributed by atoms with van der Waals surface area (Å²) < 4.78 is 44.6. The van der Waals surface area contributed by atoms with Crippen LogP contribution in [-0.2, 0) is 23.9 Å². The van der Waals surface area contributed by atoms with Crippen molar-refractivity contribution >= 4 is 11.3 Å². The minimum atomic E-state index is -4.39. The smallest absolute Gasteiger partial charge is 0.378 e. The maximum atomic E-state index is 13.0. The highest BCUT2D eigenvalue weighted by Crippen LogP contribution is 2.35. The number of nitrogens with zero attached hydrogens (tertiary/aromatic N) is 1. The first-order valence-electron chi connectivity index (χ1n) is 7.24. The van der Waals surface area contributed by atoms with Gasteiger partial charge in [0, 0.05) is 19.6 Å². The Labute approximate surface area is 126 Å². The number of rotatable bonds is 6. The van der Waals surface area contributed by atoms with E-state index in [0.717, 1.165) is 24.2 Å². The van der Waals surface area contributed by atoms with Crippen LogP contribution in [-0.4, -0.2) is 24.2 Å². The quantitative estimate of drug-likeness (QED) is 0.868. The molecule has 2 rings (SSSR count). The molecule has 1 saturated heterocycles. The zero-order chi connectivity index (χ0) is 15.5. The molecule has 1 aromatic heterocycles. The van der Waals surface area contributed by atoms with E-state index in [0.29, 0.717) is 30.5 Å². The van der Waals surface area contributed by atoms with E-state index in [1.54, 1.807) is 0 Å². The maximum absolute atomic E-state index is 13.0. The van der Waals surface area contributed by atoms with Crippen LogP contribution in [0.1, 0.15) is 42.3 Å². The predicted octanol–water partition coefficient (Wildman–Crippen LogP) is 3.63. The Morgan fingerprint density at radius 1 is 1.43 bits per heavy atom. The Morgan fingerprint density at radius 2 is 2.19 bits per heavy atom. The first kappa shape index (κ1) is 16.7. The average molecular weight is 322 g/mol. The molecule has 1 aliphatic heterocycles. The molecule has 2 heterocycles. The molecule has 7 heteroatoms. The summed E-state index contributed by atoms with van der Waals surface area (Å²) in [5.74, 6) is 0.401. The molecule has 1 unspecified atom stereocenters. The van der Waals surface area contributed by atoms with Crippen molar-refractivity contribution in [2.75, 3.05) is 13.2 Å². The number of thiazole rings is 1. The zero-order valence-corrected chi connectivity index (χ0v) is 13.1. The van der Waals surface area contributed by atoms with E-state index in [9.17, 15) is 13.2 Å². The highest BCUT2D eigenvalue weighted by Gasteiger charge is 2.37. The first-order valence-corrected chi connectivity index (χ1v) is 8.06. The summed E-state index contributed by atoms with van der Waals surface area (Å²) in [5.41, 5.74) is -0.739. The fourth-order valence-corrected chi connectivity index (χ4v) is 3.43. The molecule has 21 heavy (non-hydrogen) atoms. The van der Waals surface area contributed by atoms with Crippen LogP contribution in [0, 0.1) is 5.92 Å². The highest BCUT2D eigenvalue weighted by atomic mass is 32.1. The number of halogens is 3. The van der Waals surface area contributed by atoms with Crippen molar-refractivity contribution in [3.63, 3.8) is 0 Å². The SMILES string of the molecule is CC(C)CNCc1sc(CC2CCCO2)nc1C(F)(F)F. The van der Waals surface area contributed by atoms with E-state index >= 15 is 0 Å². The monoisotopic (exact) mass is 322 g/mol. The molecule has 1 atom stereocenters. The minimum Gasteiger partial charge on any atom is -0.378 e. The molecule has 0 spiro atoms. The minimum absolute atomic E-state index is 0.0220. The third-order valence-electron chi connectivity index (χ3n) is 3.27. The summed E-state index contributed by atoms with van der Waals surface area (Å²) in [7, 11) is 0. The van der Waals surface area contributed by atoms with Crippen LogP contribution >= 0.6 is 11.3 Å². The topological polar surface area (TPSA) is 34.1 Å². The predicted molar refractivity (Wildman–Crippen MR) is 76.3 cm³/mol. The molecular formula is C14H21F3N2OS. The Balaban J connectivity index is 2.06. The third-order valence-corrected chi connectivity index (χ3v) is 4.35. The van der Waals surface area contributed by atoms with Crippen molar-refractivity contribution < 1.29 is 17.9 Å². The largest absolute Gasteiger partial charge is 0.434 e. The van der Waals surface area contributed by atoms with Crippen LogP contribution in [0.5, 0.6) is 0 Å². The van der Waals surface area contributed by atoms with Gasteiger partial charge in [-0.05, 0) is 25.3 Å². The number of nitrogens with one attached hydrogen (secondary N) is 1. The summed E-state index contributed by atoms with van der Waals surface area (Å²) in [6.45, 7) is 5.65. The maximum Gasteiger partial charge on any atom is 0.434 e. The second-order valence-electron chi connectivity index (χ2n) is 5.74. The number of ether oxygens (including phenoxy) is 1. The van der Waals surface area contributed by atoms with E-state index in [-0.39, 0.29) is 17.5 Å². The summed E-state index contributed by atoms with van der Waals surface area (Å²) in [6, 6.07) is 0. The van der Waals surface area contributed by atoms with Crippen LogP contribution in [0.15, 0.2) is 0 Å². The van der Waals surface area contributed by atoms with Crippen LogP contribution in [0.4, 0.5) is 13.2 Å². The number of alkyl halides is 3. The average Bonchev–Trinajstić information content (AvgIpc) is 2.98. The second kappa shape index (κ2) is 7.07. The molecule has 0 aliphatic carbocycles. The molecule has 0 radical (unpaired) electrons. The molecule has 0 amide bonds. The van der Waals surface area contributed by atoms with Gasteiger partial charge in [-0.3, -0.25) is 0 Å². The van der Waals surface area contributed by atoms with Gasteiger partial charge < -0.3 is 10.1 Å². The van der Waals surface area contributed by atoms with E-state index in [1.807, 2.05) is 13.8 Å². The molecule has 1 N–H and O–H groups in total. The van der Waals surface area contributed by atoms with Gasteiger partial charge in [0.15, 0.2) is 5.69 Å². The second-order valence-corrected chi connectivity index (χ2v) is 6.91. The Kier molecular flexibility index (Phi) is 5.62. The lowest BCUT2D eigenvalue weighted by Crippen LogP contribution is -2.20. The van der Waals surface area contributed by atoms with Crippen molar-refractivity contribution in [3.8, 4) is 0 Å². The van der Waals surface area contributed by atoms with E-state index < -0.39 is 11.9 Å². The van der Waals surface area contributed by atoms with E-state index in [2.05, 4.69) is 10.3 Å². The van der Waals surface area contributed by atoms with Crippen LogP contribution in [0.2, 0.25) is 0 Å². The molecule has 0 aromatic carbocycles. The Bertz CT molecular complexity index is 454. The van der Waals surface area contributed by atoms with Crippen LogP contribution < -0.4 is 5.32 Å². The normalized spacial score (nSPS) is 19.6. The molecule has 1 aromatic rings. The Hall–Kier alpha value is -0.660. The van der Waals surface area contributed by atoms with Gasteiger partial charge in [-0.15, -0.1) is 11.3 Å². The molecule has 1 fully saturated rings. The molecule has 3 nitrogen and oxygen atoms in total. The zero-order valence-electron chi connectivity index (χ0n) is 12.3. The van der Waals surface area contributed by atoms with Gasteiger partial charge in [-0.25, -0.2) is 4.98 Å². The molecule has 0 saturated carbocycles. The lowest BCUT2D eigenvalue weighted by Gasteiger charge is -2.08. The van der Waals surface area contributed by atoms with Crippen molar-refractivity contribution in [1.29, 1.82) is 0 Å².